The summed E-state index contributed by atoms with van der Waals surface area (Å²) in [6.45, 7) is 3.78. The van der Waals surface area contributed by atoms with Crippen molar-refractivity contribution in [2.24, 2.45) is 5.92 Å². The highest BCUT2D eigenvalue weighted by Crippen LogP contribution is 2.31. The quantitative estimate of drug-likeness (QED) is 0.784. The molecule has 0 aliphatic rings. The number of pyridine rings is 1. The molecule has 0 bridgehead atoms. The van der Waals surface area contributed by atoms with Gasteiger partial charge in [-0.25, -0.2) is 4.79 Å². The molecule has 0 aliphatic heterocycles. The molecule has 2 rings (SSSR count). The largest absolute Gasteiger partial charge is 0.495 e. The second kappa shape index (κ2) is 7.36. The van der Waals surface area contributed by atoms with E-state index in [0.29, 0.717) is 21.1 Å². The maximum Gasteiger partial charge on any atom is 0.343 e. The maximum absolute atomic E-state index is 12.7. The van der Waals surface area contributed by atoms with Gasteiger partial charge in [0.25, 0.3) is 0 Å². The highest BCUT2D eigenvalue weighted by Gasteiger charge is 2.22. The van der Waals surface area contributed by atoms with Crippen LogP contribution in [0.1, 0.15) is 30.2 Å². The van der Waals surface area contributed by atoms with Gasteiger partial charge in [-0.1, -0.05) is 13.8 Å². The number of aliphatic hydroxyl groups excluding tert-OH is 1. The summed E-state index contributed by atoms with van der Waals surface area (Å²) in [5.41, 5.74) is 0.0959. The fourth-order valence-corrected chi connectivity index (χ4v) is 3.16. The van der Waals surface area contributed by atoms with Crippen LogP contribution in [0.2, 0.25) is 0 Å². The van der Waals surface area contributed by atoms with E-state index in [1.54, 1.807) is 16.7 Å². The highest BCUT2D eigenvalue weighted by atomic mass is 79.9. The number of carbonyl (C=O) groups is 1. The van der Waals surface area contributed by atoms with Crippen molar-refractivity contribution in [2.45, 2.75) is 19.9 Å². The number of fused-ring (bicyclic) bond motifs is 1. The van der Waals surface area contributed by atoms with Gasteiger partial charge in [0.05, 0.1) is 36.9 Å². The number of halogens is 1. The molecular weight excluding hydrogens is 378 g/mol. The molecular formula is C17H20BrNO5. The van der Waals surface area contributed by atoms with Crippen molar-refractivity contribution >= 4 is 32.8 Å². The molecule has 0 fully saturated rings. The Morgan fingerprint density at radius 2 is 2.00 bits per heavy atom. The van der Waals surface area contributed by atoms with Gasteiger partial charge >= 0.3 is 5.97 Å². The molecule has 0 aliphatic carbocycles. The molecule has 0 radical (unpaired) electrons. The number of rotatable bonds is 5. The summed E-state index contributed by atoms with van der Waals surface area (Å²) in [5.74, 6) is -0.0641. The van der Waals surface area contributed by atoms with E-state index in [4.69, 9.17) is 9.47 Å². The Morgan fingerprint density at radius 3 is 2.50 bits per heavy atom. The van der Waals surface area contributed by atoms with Crippen LogP contribution in [0.3, 0.4) is 0 Å². The lowest BCUT2D eigenvalue weighted by molar-refractivity contribution is 0.0597. The summed E-state index contributed by atoms with van der Waals surface area (Å²) in [4.78, 5) is 24.7. The first-order chi connectivity index (χ1) is 11.3. The molecule has 24 heavy (non-hydrogen) atoms. The standard InChI is InChI=1S/C17H20BrNO5/c1-9(2)14(8-20)19-7-11(17(22)24-4)16(21)10-5-12(18)15(23-3)6-13(10)19/h5-7,9,14,20H,8H2,1-4H3. The Labute approximate surface area is 148 Å². The Bertz CT molecular complexity index is 828. The van der Waals surface area contributed by atoms with Crippen LogP contribution >= 0.6 is 15.9 Å². The van der Waals surface area contributed by atoms with Gasteiger partial charge in [0.2, 0.25) is 5.43 Å². The van der Waals surface area contributed by atoms with Crippen molar-refractivity contribution in [3.63, 3.8) is 0 Å². The second-order valence-corrected chi connectivity index (χ2v) is 6.62. The number of hydrogen-bond donors (Lipinski definition) is 1. The number of nitrogens with zero attached hydrogens (tertiary/aromatic N) is 1. The maximum atomic E-state index is 12.7. The second-order valence-electron chi connectivity index (χ2n) is 5.77. The number of ether oxygens (including phenoxy) is 2. The molecule has 7 heteroatoms. The fraction of sp³-hybridized carbons (Fsp3) is 0.412. The zero-order valence-corrected chi connectivity index (χ0v) is 15.6. The minimum atomic E-state index is -0.706. The van der Waals surface area contributed by atoms with E-state index >= 15 is 0 Å². The number of esters is 1. The minimum Gasteiger partial charge on any atom is -0.495 e. The Kier molecular flexibility index (Phi) is 5.66. The Morgan fingerprint density at radius 1 is 1.33 bits per heavy atom. The van der Waals surface area contributed by atoms with E-state index in [9.17, 15) is 14.7 Å². The topological polar surface area (TPSA) is 77.8 Å². The predicted octanol–water partition coefficient (Wildman–Crippen LogP) is 2.75. The van der Waals surface area contributed by atoms with Gasteiger partial charge < -0.3 is 19.1 Å². The molecule has 2 aromatic rings. The summed E-state index contributed by atoms with van der Waals surface area (Å²) >= 11 is 3.36. The third-order valence-corrected chi connectivity index (χ3v) is 4.64. The number of aromatic nitrogens is 1. The Balaban J connectivity index is 2.94. The predicted molar refractivity (Wildman–Crippen MR) is 94.8 cm³/mol. The highest BCUT2D eigenvalue weighted by molar-refractivity contribution is 9.10. The molecule has 6 nitrogen and oxygen atoms in total. The monoisotopic (exact) mass is 397 g/mol. The number of benzene rings is 1. The SMILES string of the molecule is COC(=O)c1cn(C(CO)C(C)C)c2cc(OC)c(Br)cc2c1=O. The van der Waals surface area contributed by atoms with Gasteiger partial charge in [-0.15, -0.1) is 0 Å². The molecule has 130 valence electrons. The van der Waals surface area contributed by atoms with Crippen LogP contribution in [0.15, 0.2) is 27.6 Å². The van der Waals surface area contributed by atoms with Crippen molar-refractivity contribution < 1.29 is 19.4 Å². The van der Waals surface area contributed by atoms with Gasteiger partial charge in [0.15, 0.2) is 0 Å². The van der Waals surface area contributed by atoms with Gasteiger partial charge in [-0.2, -0.15) is 0 Å². The Hall–Kier alpha value is -1.86. The number of hydrogen-bond acceptors (Lipinski definition) is 5. The summed E-state index contributed by atoms with van der Waals surface area (Å²) in [6.07, 6.45) is 1.45. The number of methoxy groups -OCH3 is 2. The van der Waals surface area contributed by atoms with E-state index < -0.39 is 11.4 Å². The molecule has 1 aromatic heterocycles. The van der Waals surface area contributed by atoms with Crippen molar-refractivity contribution in [1.29, 1.82) is 0 Å². The third-order valence-electron chi connectivity index (χ3n) is 4.02. The van der Waals surface area contributed by atoms with Gasteiger partial charge in [-0.05, 0) is 27.9 Å². The molecule has 0 amide bonds. The molecule has 0 spiro atoms. The van der Waals surface area contributed by atoms with E-state index in [1.807, 2.05) is 13.8 Å². The van der Waals surface area contributed by atoms with Crippen LogP contribution in [0.25, 0.3) is 10.9 Å². The molecule has 0 saturated carbocycles. The van der Waals surface area contributed by atoms with E-state index in [0.717, 1.165) is 0 Å². The average molecular weight is 398 g/mol. The zero-order valence-electron chi connectivity index (χ0n) is 14.0. The molecule has 1 atom stereocenters. The summed E-state index contributed by atoms with van der Waals surface area (Å²) in [5, 5.41) is 10.1. The van der Waals surface area contributed by atoms with E-state index in [-0.39, 0.29) is 24.1 Å². The molecule has 1 aromatic carbocycles. The van der Waals surface area contributed by atoms with E-state index in [1.165, 1.54) is 20.4 Å². The fourth-order valence-electron chi connectivity index (χ4n) is 2.66. The van der Waals surface area contributed by atoms with Gasteiger partial charge in [-0.3, -0.25) is 4.79 Å². The zero-order chi connectivity index (χ0) is 18.0. The van der Waals surface area contributed by atoms with Gasteiger partial charge in [0.1, 0.15) is 11.3 Å². The molecule has 0 saturated heterocycles. The van der Waals surface area contributed by atoms with Crippen LogP contribution in [-0.2, 0) is 4.74 Å². The van der Waals surface area contributed by atoms with Crippen molar-refractivity contribution in [1.82, 2.24) is 4.57 Å². The lowest BCUT2D eigenvalue weighted by Crippen LogP contribution is -2.25. The number of carbonyl (C=O) groups excluding carboxylic acids is 1. The van der Waals surface area contributed by atoms with Crippen molar-refractivity contribution in [3.05, 3.63) is 38.6 Å². The van der Waals surface area contributed by atoms with Crippen LogP contribution in [0.4, 0.5) is 0 Å². The normalized spacial score (nSPS) is 12.5. The summed E-state index contributed by atoms with van der Waals surface area (Å²) in [6, 6.07) is 3.03. The van der Waals surface area contributed by atoms with Crippen LogP contribution in [0.5, 0.6) is 5.75 Å². The lowest BCUT2D eigenvalue weighted by atomic mass is 10.0. The van der Waals surface area contributed by atoms with Crippen LogP contribution < -0.4 is 10.2 Å². The first-order valence-electron chi connectivity index (χ1n) is 7.47. The summed E-state index contributed by atoms with van der Waals surface area (Å²) < 4.78 is 12.4. The molecule has 1 heterocycles. The van der Waals surface area contributed by atoms with Gasteiger partial charge in [0, 0.05) is 17.6 Å². The number of aliphatic hydroxyl groups is 1. The molecule has 1 unspecified atom stereocenters. The van der Waals surface area contributed by atoms with Crippen LogP contribution in [0, 0.1) is 5.92 Å². The lowest BCUT2D eigenvalue weighted by Gasteiger charge is -2.25. The van der Waals surface area contributed by atoms with Crippen molar-refractivity contribution in [3.8, 4) is 5.75 Å². The van der Waals surface area contributed by atoms with E-state index in [2.05, 4.69) is 15.9 Å². The molecule has 1 N–H and O–H groups in total. The average Bonchev–Trinajstić information content (AvgIpc) is 2.56. The summed E-state index contributed by atoms with van der Waals surface area (Å²) in [7, 11) is 2.76. The third kappa shape index (κ3) is 3.18. The smallest absolute Gasteiger partial charge is 0.343 e. The van der Waals surface area contributed by atoms with Crippen molar-refractivity contribution in [2.75, 3.05) is 20.8 Å². The first kappa shape index (κ1) is 18.5. The van der Waals surface area contributed by atoms with Crippen LogP contribution in [-0.4, -0.2) is 36.5 Å². The minimum absolute atomic E-state index is 0.0684. The first-order valence-corrected chi connectivity index (χ1v) is 8.26.